The van der Waals surface area contributed by atoms with Gasteiger partial charge in [0.05, 0.1) is 0 Å². The molecule has 4 nitrogen and oxygen atoms in total. The third-order valence-corrected chi connectivity index (χ3v) is 3.80. The molecular weight excluding hydrogens is 238 g/mol. The second kappa shape index (κ2) is 5.21. The van der Waals surface area contributed by atoms with E-state index in [4.69, 9.17) is 0 Å². The molecule has 0 saturated heterocycles. The lowest BCUT2D eigenvalue weighted by Crippen LogP contribution is -2.50. The van der Waals surface area contributed by atoms with Crippen molar-refractivity contribution in [3.05, 3.63) is 23.8 Å². The zero-order valence-corrected chi connectivity index (χ0v) is 12.2. The van der Waals surface area contributed by atoms with Crippen molar-refractivity contribution < 1.29 is 4.79 Å². The summed E-state index contributed by atoms with van der Waals surface area (Å²) in [6.07, 6.45) is 1.43. The Kier molecular flexibility index (Phi) is 3.80. The van der Waals surface area contributed by atoms with E-state index in [-0.39, 0.29) is 11.4 Å². The topological polar surface area (TPSA) is 44.4 Å². The Morgan fingerprint density at radius 3 is 2.63 bits per heavy atom. The highest BCUT2D eigenvalue weighted by Gasteiger charge is 2.29. The Hall–Kier alpha value is -1.55. The summed E-state index contributed by atoms with van der Waals surface area (Å²) in [6, 6.07) is 6.21. The molecular formula is C15H23N3O. The van der Waals surface area contributed by atoms with Gasteiger partial charge in [0.25, 0.3) is 0 Å². The van der Waals surface area contributed by atoms with E-state index in [0.717, 1.165) is 17.8 Å². The van der Waals surface area contributed by atoms with Gasteiger partial charge >= 0.3 is 0 Å². The van der Waals surface area contributed by atoms with Gasteiger partial charge < -0.3 is 15.5 Å². The van der Waals surface area contributed by atoms with E-state index in [1.54, 1.807) is 0 Å². The molecule has 2 N–H and O–H groups in total. The van der Waals surface area contributed by atoms with Crippen LogP contribution in [0.25, 0.3) is 0 Å². The summed E-state index contributed by atoms with van der Waals surface area (Å²) in [5.41, 5.74) is 3.31. The van der Waals surface area contributed by atoms with Crippen molar-refractivity contribution in [1.82, 2.24) is 5.32 Å². The second-order valence-electron chi connectivity index (χ2n) is 5.71. The van der Waals surface area contributed by atoms with Gasteiger partial charge in [-0.3, -0.25) is 4.79 Å². The minimum absolute atomic E-state index is 0.0913. The number of amides is 1. The van der Waals surface area contributed by atoms with Gasteiger partial charge in [0.1, 0.15) is 0 Å². The lowest BCUT2D eigenvalue weighted by atomic mass is 9.97. The maximum Gasteiger partial charge on any atom is 0.227 e. The smallest absolute Gasteiger partial charge is 0.227 e. The van der Waals surface area contributed by atoms with Crippen LogP contribution in [0.3, 0.4) is 0 Å². The van der Waals surface area contributed by atoms with Crippen LogP contribution >= 0.6 is 0 Å². The number of nitrogens with one attached hydrogen (secondary N) is 2. The minimum Gasteiger partial charge on any atom is -0.388 e. The first-order chi connectivity index (χ1) is 8.96. The fourth-order valence-electron chi connectivity index (χ4n) is 2.36. The number of hydrogen-bond acceptors (Lipinski definition) is 3. The number of likely N-dealkylation sites (N-methyl/N-ethyl adjacent to an activating group) is 1. The van der Waals surface area contributed by atoms with Crippen molar-refractivity contribution in [2.75, 3.05) is 30.9 Å². The fourth-order valence-corrected chi connectivity index (χ4v) is 2.36. The van der Waals surface area contributed by atoms with Gasteiger partial charge in [0.2, 0.25) is 5.91 Å². The molecule has 1 aliphatic rings. The Labute approximate surface area is 115 Å². The number of carbonyl (C=O) groups is 1. The number of fused-ring (bicyclic) bond motifs is 1. The van der Waals surface area contributed by atoms with Crippen molar-refractivity contribution in [2.24, 2.45) is 0 Å². The Morgan fingerprint density at radius 2 is 2.00 bits per heavy atom. The van der Waals surface area contributed by atoms with Crippen molar-refractivity contribution in [3.63, 3.8) is 0 Å². The van der Waals surface area contributed by atoms with Crippen LogP contribution in [0.4, 0.5) is 11.4 Å². The third-order valence-electron chi connectivity index (χ3n) is 3.80. The number of rotatable bonds is 4. The van der Waals surface area contributed by atoms with Crippen LogP contribution in [0.5, 0.6) is 0 Å². The zero-order chi connectivity index (χ0) is 14.0. The van der Waals surface area contributed by atoms with Crippen LogP contribution in [0, 0.1) is 0 Å². The molecule has 0 bridgehead atoms. The van der Waals surface area contributed by atoms with Gasteiger partial charge in [-0.25, -0.2) is 0 Å². The molecule has 1 aromatic carbocycles. The van der Waals surface area contributed by atoms with Crippen molar-refractivity contribution in [1.29, 1.82) is 0 Å². The molecule has 0 saturated carbocycles. The molecule has 19 heavy (non-hydrogen) atoms. The van der Waals surface area contributed by atoms with Crippen LogP contribution in [0.1, 0.15) is 25.8 Å². The molecule has 0 atom stereocenters. The summed E-state index contributed by atoms with van der Waals surface area (Å²) in [5.74, 6) is 0.216. The molecule has 1 aromatic rings. The van der Waals surface area contributed by atoms with Gasteiger partial charge in [-0.15, -0.1) is 0 Å². The molecule has 0 fully saturated rings. The van der Waals surface area contributed by atoms with E-state index in [9.17, 15) is 4.79 Å². The van der Waals surface area contributed by atoms with Crippen molar-refractivity contribution in [2.45, 2.75) is 32.2 Å². The summed E-state index contributed by atoms with van der Waals surface area (Å²) in [6.45, 7) is 4.90. The third kappa shape index (κ3) is 2.89. The van der Waals surface area contributed by atoms with Crippen LogP contribution in [0.2, 0.25) is 0 Å². The average molecular weight is 261 g/mol. The molecule has 1 heterocycles. The number of carbonyl (C=O) groups excluding carboxylic acids is 1. The van der Waals surface area contributed by atoms with Crippen molar-refractivity contribution >= 4 is 17.3 Å². The highest BCUT2D eigenvalue weighted by atomic mass is 16.2. The minimum atomic E-state index is -0.0913. The number of anilines is 2. The summed E-state index contributed by atoms with van der Waals surface area (Å²) in [7, 11) is 3.84. The summed E-state index contributed by atoms with van der Waals surface area (Å²) in [5, 5.41) is 6.40. The summed E-state index contributed by atoms with van der Waals surface area (Å²) < 4.78 is 0. The van der Waals surface area contributed by atoms with E-state index in [2.05, 4.69) is 30.5 Å². The first-order valence-electron chi connectivity index (χ1n) is 6.77. The standard InChI is InChI=1S/C15H23N3O/c1-15(2,17-4)10-18-13-7-6-12(16-3)9-11(13)5-8-14(18)19/h6-7,9,16-17H,5,8,10H2,1-4H3. The molecule has 2 rings (SSSR count). The van der Waals surface area contributed by atoms with E-state index in [1.165, 1.54) is 5.56 Å². The quantitative estimate of drug-likeness (QED) is 0.871. The van der Waals surface area contributed by atoms with Gasteiger partial charge in [-0.05, 0) is 51.1 Å². The maximum absolute atomic E-state index is 12.2. The second-order valence-corrected chi connectivity index (χ2v) is 5.71. The molecule has 4 heteroatoms. The van der Waals surface area contributed by atoms with Crippen molar-refractivity contribution in [3.8, 4) is 0 Å². The zero-order valence-electron chi connectivity index (χ0n) is 12.2. The van der Waals surface area contributed by atoms with Crippen LogP contribution < -0.4 is 15.5 Å². The van der Waals surface area contributed by atoms with Gasteiger partial charge in [-0.1, -0.05) is 0 Å². The first kappa shape index (κ1) is 13.9. The number of aryl methyl sites for hydroxylation is 1. The highest BCUT2D eigenvalue weighted by molar-refractivity contribution is 5.96. The van der Waals surface area contributed by atoms with E-state index < -0.39 is 0 Å². The molecule has 1 aliphatic heterocycles. The first-order valence-corrected chi connectivity index (χ1v) is 6.77. The Bertz CT molecular complexity index is 482. The van der Waals surface area contributed by atoms with Gasteiger partial charge in [-0.2, -0.15) is 0 Å². The predicted octanol–water partition coefficient (Wildman–Crippen LogP) is 2.01. The molecule has 1 amide bonds. The normalized spacial score (nSPS) is 15.4. The maximum atomic E-state index is 12.2. The molecule has 0 radical (unpaired) electrons. The summed E-state index contributed by atoms with van der Waals surface area (Å²) in [4.78, 5) is 14.1. The predicted molar refractivity (Wildman–Crippen MR) is 79.8 cm³/mol. The van der Waals surface area contributed by atoms with E-state index >= 15 is 0 Å². The molecule has 0 aromatic heterocycles. The van der Waals surface area contributed by atoms with Crippen LogP contribution in [0.15, 0.2) is 18.2 Å². The largest absolute Gasteiger partial charge is 0.388 e. The van der Waals surface area contributed by atoms with Crippen LogP contribution in [-0.2, 0) is 11.2 Å². The average Bonchev–Trinajstić information content (AvgIpc) is 2.41. The number of nitrogens with zero attached hydrogens (tertiary/aromatic N) is 1. The Balaban J connectivity index is 2.33. The molecule has 0 aliphatic carbocycles. The monoisotopic (exact) mass is 261 g/mol. The highest BCUT2D eigenvalue weighted by Crippen LogP contribution is 2.31. The number of benzene rings is 1. The SMILES string of the molecule is CNc1ccc2c(c1)CCC(=O)N2CC(C)(C)NC. The Morgan fingerprint density at radius 1 is 1.26 bits per heavy atom. The van der Waals surface area contributed by atoms with Gasteiger partial charge in [0.15, 0.2) is 0 Å². The molecule has 0 spiro atoms. The lowest BCUT2D eigenvalue weighted by molar-refractivity contribution is -0.119. The number of hydrogen-bond donors (Lipinski definition) is 2. The van der Waals surface area contributed by atoms with E-state index in [0.29, 0.717) is 13.0 Å². The molecule has 0 unspecified atom stereocenters. The van der Waals surface area contributed by atoms with E-state index in [1.807, 2.05) is 31.1 Å². The lowest BCUT2D eigenvalue weighted by Gasteiger charge is -2.36. The fraction of sp³-hybridized carbons (Fsp3) is 0.533. The summed E-state index contributed by atoms with van der Waals surface area (Å²) >= 11 is 0. The van der Waals surface area contributed by atoms with Gasteiger partial charge in [0, 0.05) is 36.9 Å². The molecule has 104 valence electrons. The van der Waals surface area contributed by atoms with Crippen LogP contribution in [-0.4, -0.2) is 32.1 Å².